The summed E-state index contributed by atoms with van der Waals surface area (Å²) in [6, 6.07) is -1.09. The summed E-state index contributed by atoms with van der Waals surface area (Å²) in [4.78, 5) is 35.0. The maximum atomic E-state index is 12.1. The topological polar surface area (TPSA) is 103 Å². The van der Waals surface area contributed by atoms with Crippen LogP contribution in [0.1, 0.15) is 41.5 Å². The van der Waals surface area contributed by atoms with Gasteiger partial charge in [-0.2, -0.15) is 0 Å². The smallest absolute Gasteiger partial charge is 0.408 e. The van der Waals surface area contributed by atoms with Crippen LogP contribution < -0.4 is 10.6 Å². The molecular weight excluding hydrogens is 292 g/mol. The molecule has 22 heavy (non-hydrogen) atoms. The molecule has 0 saturated carbocycles. The number of amides is 2. The minimum atomic E-state index is -1.09. The molecule has 0 fully saturated rings. The number of hydrogen-bond donors (Lipinski definition) is 2. The van der Waals surface area contributed by atoms with Gasteiger partial charge in [0, 0.05) is 0 Å². The number of alkyl carbamates (subject to hydrolysis) is 2. The fourth-order valence-electron chi connectivity index (χ4n) is 1.27. The van der Waals surface area contributed by atoms with E-state index in [0.29, 0.717) is 0 Å². The summed E-state index contributed by atoms with van der Waals surface area (Å²) in [5.41, 5.74) is -1.44. The Hall–Kier alpha value is -1.99. The Kier molecular flexibility index (Phi) is 7.15. The third kappa shape index (κ3) is 9.84. The lowest BCUT2D eigenvalue weighted by Crippen LogP contribution is -2.51. The van der Waals surface area contributed by atoms with Gasteiger partial charge < -0.3 is 24.8 Å². The highest BCUT2D eigenvalue weighted by Gasteiger charge is 2.29. The molecule has 0 aromatic rings. The number of carbonyl (C=O) groups is 3. The van der Waals surface area contributed by atoms with Crippen LogP contribution in [-0.2, 0) is 19.0 Å². The van der Waals surface area contributed by atoms with Gasteiger partial charge in [-0.3, -0.25) is 0 Å². The number of ether oxygens (including phenoxy) is 3. The van der Waals surface area contributed by atoms with Gasteiger partial charge in [0.25, 0.3) is 0 Å². The van der Waals surface area contributed by atoms with Crippen molar-refractivity contribution >= 4 is 18.2 Å². The first kappa shape index (κ1) is 20.0. The van der Waals surface area contributed by atoms with Crippen molar-refractivity contribution < 1.29 is 28.6 Å². The molecule has 0 aliphatic rings. The molecule has 0 spiro atoms. The van der Waals surface area contributed by atoms with E-state index >= 15 is 0 Å². The van der Waals surface area contributed by atoms with Crippen molar-refractivity contribution in [3.05, 3.63) is 0 Å². The van der Waals surface area contributed by atoms with Gasteiger partial charge in [-0.05, 0) is 41.5 Å². The molecule has 0 aliphatic heterocycles. The number of hydrogen-bond acceptors (Lipinski definition) is 6. The quantitative estimate of drug-likeness (QED) is 0.602. The average molecular weight is 318 g/mol. The van der Waals surface area contributed by atoms with E-state index in [1.54, 1.807) is 41.5 Å². The lowest BCUT2D eigenvalue weighted by molar-refractivity contribution is -0.157. The lowest BCUT2D eigenvalue weighted by atomic mass is 10.2. The second-order valence-corrected chi connectivity index (χ2v) is 6.60. The van der Waals surface area contributed by atoms with Crippen LogP contribution in [-0.4, -0.2) is 49.1 Å². The maximum absolute atomic E-state index is 12.1. The SMILES string of the molecule is COC(=O)NC[C@H](NC(=O)OC(C)(C)C)C(=O)OC(C)(C)C. The maximum Gasteiger partial charge on any atom is 0.408 e. The summed E-state index contributed by atoms with van der Waals surface area (Å²) in [7, 11) is 1.19. The van der Waals surface area contributed by atoms with E-state index in [9.17, 15) is 14.4 Å². The van der Waals surface area contributed by atoms with E-state index in [2.05, 4.69) is 15.4 Å². The number of rotatable bonds is 4. The minimum absolute atomic E-state index is 0.180. The summed E-state index contributed by atoms with van der Waals surface area (Å²) in [5.74, 6) is -0.685. The van der Waals surface area contributed by atoms with E-state index < -0.39 is 35.4 Å². The van der Waals surface area contributed by atoms with Crippen LogP contribution >= 0.6 is 0 Å². The fourth-order valence-corrected chi connectivity index (χ4v) is 1.27. The van der Waals surface area contributed by atoms with Gasteiger partial charge in [0.1, 0.15) is 17.2 Å². The van der Waals surface area contributed by atoms with Crippen molar-refractivity contribution in [3.63, 3.8) is 0 Å². The Balaban J connectivity index is 4.81. The van der Waals surface area contributed by atoms with E-state index in [4.69, 9.17) is 9.47 Å². The van der Waals surface area contributed by atoms with Gasteiger partial charge in [0.05, 0.1) is 13.7 Å². The van der Waals surface area contributed by atoms with Gasteiger partial charge in [0.2, 0.25) is 0 Å². The van der Waals surface area contributed by atoms with Crippen LogP contribution in [0.3, 0.4) is 0 Å². The highest BCUT2D eigenvalue weighted by molar-refractivity contribution is 5.82. The minimum Gasteiger partial charge on any atom is -0.458 e. The van der Waals surface area contributed by atoms with Crippen molar-refractivity contribution in [3.8, 4) is 0 Å². The molecule has 2 N–H and O–H groups in total. The zero-order valence-corrected chi connectivity index (χ0v) is 14.2. The summed E-state index contributed by atoms with van der Waals surface area (Å²) in [6.45, 7) is 10.0. The van der Waals surface area contributed by atoms with Crippen molar-refractivity contribution in [2.45, 2.75) is 58.8 Å². The van der Waals surface area contributed by atoms with Gasteiger partial charge in [-0.15, -0.1) is 0 Å². The third-order valence-corrected chi connectivity index (χ3v) is 2.02. The molecule has 128 valence electrons. The highest BCUT2D eigenvalue weighted by Crippen LogP contribution is 2.10. The molecule has 8 heteroatoms. The molecule has 0 radical (unpaired) electrons. The second-order valence-electron chi connectivity index (χ2n) is 6.60. The molecule has 0 rings (SSSR count). The van der Waals surface area contributed by atoms with Crippen molar-refractivity contribution in [1.82, 2.24) is 10.6 Å². The highest BCUT2D eigenvalue weighted by atomic mass is 16.6. The Bertz CT molecular complexity index is 409. The largest absolute Gasteiger partial charge is 0.458 e. The molecule has 1 atom stereocenters. The van der Waals surface area contributed by atoms with Crippen LogP contribution in [0, 0.1) is 0 Å². The predicted octanol–water partition coefficient (Wildman–Crippen LogP) is 1.58. The molecule has 0 aromatic heterocycles. The molecule has 0 saturated heterocycles. The van der Waals surface area contributed by atoms with Crippen LogP contribution in [0.4, 0.5) is 9.59 Å². The first-order valence-corrected chi connectivity index (χ1v) is 6.88. The molecule has 0 aliphatic carbocycles. The molecule has 0 bridgehead atoms. The van der Waals surface area contributed by atoms with Gasteiger partial charge in [0.15, 0.2) is 0 Å². The summed E-state index contributed by atoms with van der Waals surface area (Å²) < 4.78 is 14.7. The molecular formula is C14H26N2O6. The Labute approximate surface area is 130 Å². The molecule has 0 aromatic carbocycles. The third-order valence-electron chi connectivity index (χ3n) is 2.02. The fraction of sp³-hybridized carbons (Fsp3) is 0.786. The molecule has 0 heterocycles. The Morgan fingerprint density at radius 3 is 1.82 bits per heavy atom. The number of carbonyl (C=O) groups excluding carboxylic acids is 3. The van der Waals surface area contributed by atoms with E-state index in [1.807, 2.05) is 0 Å². The number of nitrogens with one attached hydrogen (secondary N) is 2. The zero-order chi connectivity index (χ0) is 17.6. The second kappa shape index (κ2) is 7.86. The summed E-state index contributed by atoms with van der Waals surface area (Å²) in [6.07, 6.45) is -1.51. The van der Waals surface area contributed by atoms with Crippen LogP contribution in [0.25, 0.3) is 0 Å². The van der Waals surface area contributed by atoms with E-state index in [-0.39, 0.29) is 6.54 Å². The van der Waals surface area contributed by atoms with Crippen molar-refractivity contribution in [2.75, 3.05) is 13.7 Å². The van der Waals surface area contributed by atoms with Gasteiger partial charge >= 0.3 is 18.2 Å². The normalized spacial score (nSPS) is 12.9. The molecule has 0 unspecified atom stereocenters. The average Bonchev–Trinajstić information content (AvgIpc) is 2.29. The number of esters is 1. The van der Waals surface area contributed by atoms with Gasteiger partial charge in [-0.1, -0.05) is 0 Å². The summed E-state index contributed by atoms with van der Waals surface area (Å²) >= 11 is 0. The number of methoxy groups -OCH3 is 1. The standard InChI is InChI=1S/C14H26N2O6/c1-13(2,3)21-10(17)9(8-15-11(18)20-7)16-12(19)22-14(4,5)6/h9H,8H2,1-7H3,(H,15,18)(H,16,19)/t9-/m0/s1. The van der Waals surface area contributed by atoms with Gasteiger partial charge in [-0.25, -0.2) is 14.4 Å². The molecule has 8 nitrogen and oxygen atoms in total. The first-order chi connectivity index (χ1) is 9.84. The first-order valence-electron chi connectivity index (χ1n) is 6.88. The van der Waals surface area contributed by atoms with E-state index in [1.165, 1.54) is 7.11 Å². The van der Waals surface area contributed by atoms with Crippen LogP contribution in [0.2, 0.25) is 0 Å². The predicted molar refractivity (Wildman–Crippen MR) is 79.4 cm³/mol. The Morgan fingerprint density at radius 1 is 0.909 bits per heavy atom. The zero-order valence-electron chi connectivity index (χ0n) is 14.2. The molecule has 2 amide bonds. The van der Waals surface area contributed by atoms with E-state index in [0.717, 1.165) is 0 Å². The monoisotopic (exact) mass is 318 g/mol. The van der Waals surface area contributed by atoms with Crippen LogP contribution in [0.5, 0.6) is 0 Å². The van der Waals surface area contributed by atoms with Crippen LogP contribution in [0.15, 0.2) is 0 Å². The van der Waals surface area contributed by atoms with Crippen molar-refractivity contribution in [1.29, 1.82) is 0 Å². The van der Waals surface area contributed by atoms with Crippen molar-refractivity contribution in [2.24, 2.45) is 0 Å². The Morgan fingerprint density at radius 2 is 1.41 bits per heavy atom. The summed E-state index contributed by atoms with van der Waals surface area (Å²) in [5, 5.41) is 4.70. The lowest BCUT2D eigenvalue weighted by Gasteiger charge is -2.26.